The number of anilines is 1. The number of fused-ring (bicyclic) bond motifs is 1. The average Bonchev–Trinajstić information content (AvgIpc) is 3.27. The standard InChI is InChI=1S/C10H14N5O7P.C5H12N2O2/c11-8-5-9(13-2-12-8)15(3-14-5)10-7(17)6(16)4(22-10)1-21-23(18,19)20;6-3-1-2-4(7)5(8)9/h2-4,6-7,10,16-17H,1H2,(H2,11,12,13)(H2,18,19,20);4H,1-3,6-7H2,(H,8,9)/t4-,6-,7-,10-;/m1./s1. The molecular weight excluding hydrogens is 453 g/mol. The highest BCUT2D eigenvalue weighted by atomic mass is 31.2. The maximum atomic E-state index is 10.7. The van der Waals surface area contributed by atoms with Crippen LogP contribution in [0.15, 0.2) is 12.7 Å². The summed E-state index contributed by atoms with van der Waals surface area (Å²) in [6, 6.07) is -0.742. The molecule has 2 aromatic heterocycles. The Kier molecular flexibility index (Phi) is 8.97. The van der Waals surface area contributed by atoms with Crippen LogP contribution in [-0.2, 0) is 18.6 Å². The Bertz CT molecular complexity index is 954. The molecule has 32 heavy (non-hydrogen) atoms. The van der Waals surface area contributed by atoms with E-state index in [9.17, 15) is 19.6 Å². The van der Waals surface area contributed by atoms with Gasteiger partial charge in [-0.1, -0.05) is 0 Å². The molecule has 1 aliphatic heterocycles. The largest absolute Gasteiger partial charge is 0.480 e. The number of carboxylic acids is 1. The van der Waals surface area contributed by atoms with Crippen molar-refractivity contribution in [2.45, 2.75) is 43.4 Å². The third-order valence-electron chi connectivity index (χ3n) is 4.44. The van der Waals surface area contributed by atoms with Crippen molar-refractivity contribution in [3.63, 3.8) is 0 Å². The van der Waals surface area contributed by atoms with Crippen LogP contribution in [0.2, 0.25) is 0 Å². The van der Waals surface area contributed by atoms with E-state index in [0.717, 1.165) is 0 Å². The lowest BCUT2D eigenvalue weighted by molar-refractivity contribution is -0.138. The Hall–Kier alpha value is -2.27. The summed E-state index contributed by atoms with van der Waals surface area (Å²) in [7, 11) is -4.72. The maximum Gasteiger partial charge on any atom is 0.469 e. The molecule has 3 heterocycles. The molecule has 0 radical (unpaired) electrons. The molecule has 1 saturated heterocycles. The van der Waals surface area contributed by atoms with E-state index in [1.165, 1.54) is 17.2 Å². The molecule has 11 N–H and O–H groups in total. The molecule has 2 aromatic rings. The van der Waals surface area contributed by atoms with Crippen LogP contribution in [0.25, 0.3) is 11.2 Å². The number of aliphatic hydroxyl groups is 2. The summed E-state index contributed by atoms with van der Waals surface area (Å²) in [6.45, 7) is -0.0935. The predicted molar refractivity (Wildman–Crippen MR) is 108 cm³/mol. The maximum absolute atomic E-state index is 10.7. The number of nitrogens with two attached hydrogens (primary N) is 3. The molecule has 1 aliphatic rings. The van der Waals surface area contributed by atoms with E-state index in [2.05, 4.69) is 19.5 Å². The average molecular weight is 479 g/mol. The number of hydrogen-bond donors (Lipinski definition) is 8. The molecular formula is C15H26N7O9P. The highest BCUT2D eigenvalue weighted by Gasteiger charge is 2.45. The van der Waals surface area contributed by atoms with E-state index in [0.29, 0.717) is 24.9 Å². The van der Waals surface area contributed by atoms with Crippen LogP contribution < -0.4 is 17.2 Å². The zero-order valence-electron chi connectivity index (χ0n) is 16.7. The van der Waals surface area contributed by atoms with Gasteiger partial charge in [0.1, 0.15) is 36.2 Å². The van der Waals surface area contributed by atoms with Crippen molar-refractivity contribution in [3.05, 3.63) is 12.7 Å². The van der Waals surface area contributed by atoms with Crippen molar-refractivity contribution in [2.24, 2.45) is 11.5 Å². The van der Waals surface area contributed by atoms with Crippen molar-refractivity contribution in [3.8, 4) is 0 Å². The first-order valence-electron chi connectivity index (χ1n) is 9.29. The minimum absolute atomic E-state index is 0.142. The van der Waals surface area contributed by atoms with E-state index < -0.39 is 51.0 Å². The van der Waals surface area contributed by atoms with Gasteiger partial charge in [-0.3, -0.25) is 13.9 Å². The predicted octanol–water partition coefficient (Wildman–Crippen LogP) is -2.73. The van der Waals surface area contributed by atoms with Crippen molar-refractivity contribution in [1.82, 2.24) is 19.5 Å². The number of aromatic nitrogens is 4. The van der Waals surface area contributed by atoms with Crippen LogP contribution in [-0.4, -0.2) is 88.1 Å². The first kappa shape index (κ1) is 26.0. The van der Waals surface area contributed by atoms with Crippen molar-refractivity contribution < 1.29 is 43.7 Å². The number of hydrogen-bond acceptors (Lipinski definition) is 12. The summed E-state index contributed by atoms with van der Waals surface area (Å²) in [6.07, 6.45) is -1.35. The SMILES string of the molecule is NCCCC(N)C(=O)O.Nc1ncnc2c1ncn2[C@@H]1O[C@H](COP(=O)(O)O)[C@@H](O)[C@H]1O. The Labute approximate surface area is 181 Å². The summed E-state index contributed by atoms with van der Waals surface area (Å²) < 4.78 is 21.8. The lowest BCUT2D eigenvalue weighted by atomic mass is 10.1. The van der Waals surface area contributed by atoms with Gasteiger partial charge in [0.25, 0.3) is 0 Å². The van der Waals surface area contributed by atoms with Crippen molar-refractivity contribution >= 4 is 30.8 Å². The van der Waals surface area contributed by atoms with Gasteiger partial charge in [-0.2, -0.15) is 0 Å². The number of imidazole rings is 1. The normalized spacial score (nSPS) is 24.2. The van der Waals surface area contributed by atoms with Gasteiger partial charge in [0.15, 0.2) is 17.7 Å². The summed E-state index contributed by atoms with van der Waals surface area (Å²) >= 11 is 0. The number of ether oxygens (including phenoxy) is 1. The van der Waals surface area contributed by atoms with Crippen LogP contribution in [0.1, 0.15) is 19.1 Å². The van der Waals surface area contributed by atoms with Gasteiger partial charge in [-0.25, -0.2) is 19.5 Å². The number of carboxylic acid groups (broad SMARTS) is 1. The summed E-state index contributed by atoms with van der Waals surface area (Å²) in [5, 5.41) is 28.3. The van der Waals surface area contributed by atoms with Crippen LogP contribution >= 0.6 is 7.82 Å². The molecule has 16 nitrogen and oxygen atoms in total. The molecule has 1 fully saturated rings. The van der Waals surface area contributed by atoms with Gasteiger partial charge in [-0.05, 0) is 19.4 Å². The zero-order chi connectivity index (χ0) is 24.1. The van der Waals surface area contributed by atoms with E-state index in [-0.39, 0.29) is 11.5 Å². The minimum atomic E-state index is -4.72. The number of nitrogens with zero attached hydrogens (tertiary/aromatic N) is 4. The fourth-order valence-electron chi connectivity index (χ4n) is 2.78. The Morgan fingerprint density at radius 1 is 1.28 bits per heavy atom. The highest BCUT2D eigenvalue weighted by molar-refractivity contribution is 7.46. The van der Waals surface area contributed by atoms with Crippen molar-refractivity contribution in [1.29, 1.82) is 0 Å². The van der Waals surface area contributed by atoms with Gasteiger partial charge < -0.3 is 47.0 Å². The zero-order valence-corrected chi connectivity index (χ0v) is 17.6. The topological polar surface area (TPSA) is 275 Å². The number of nitrogen functional groups attached to an aromatic ring is 1. The fraction of sp³-hybridized carbons (Fsp3) is 0.600. The van der Waals surface area contributed by atoms with Gasteiger partial charge in [-0.15, -0.1) is 0 Å². The Balaban J connectivity index is 0.000000344. The van der Waals surface area contributed by atoms with Crippen LogP contribution in [0, 0.1) is 0 Å². The minimum Gasteiger partial charge on any atom is -0.480 e. The number of aliphatic hydroxyl groups excluding tert-OH is 2. The molecule has 5 atom stereocenters. The number of phosphoric acid groups is 1. The molecule has 180 valence electrons. The summed E-state index contributed by atoms with van der Waals surface area (Å²) in [5.74, 6) is -0.813. The molecule has 0 aliphatic carbocycles. The Morgan fingerprint density at radius 2 is 1.97 bits per heavy atom. The monoisotopic (exact) mass is 479 g/mol. The van der Waals surface area contributed by atoms with Crippen LogP contribution in [0.3, 0.4) is 0 Å². The van der Waals surface area contributed by atoms with Crippen LogP contribution in [0.4, 0.5) is 5.82 Å². The van der Waals surface area contributed by atoms with E-state index in [1.807, 2.05) is 0 Å². The molecule has 0 saturated carbocycles. The molecule has 0 spiro atoms. The summed E-state index contributed by atoms with van der Waals surface area (Å²) in [5.41, 5.74) is 16.5. The van der Waals surface area contributed by atoms with E-state index in [1.54, 1.807) is 0 Å². The third kappa shape index (κ3) is 6.61. The lowest BCUT2D eigenvalue weighted by Crippen LogP contribution is -2.33. The quantitative estimate of drug-likeness (QED) is 0.178. The van der Waals surface area contributed by atoms with Gasteiger partial charge in [0, 0.05) is 0 Å². The second-order valence-corrected chi connectivity index (χ2v) is 8.03. The fourth-order valence-corrected chi connectivity index (χ4v) is 3.13. The molecule has 0 aromatic carbocycles. The lowest BCUT2D eigenvalue weighted by Gasteiger charge is -2.16. The molecule has 17 heteroatoms. The summed E-state index contributed by atoms with van der Waals surface area (Å²) in [4.78, 5) is 39.2. The van der Waals surface area contributed by atoms with Crippen LogP contribution in [0.5, 0.6) is 0 Å². The molecule has 1 unspecified atom stereocenters. The van der Waals surface area contributed by atoms with E-state index >= 15 is 0 Å². The number of phosphoric ester groups is 1. The second-order valence-electron chi connectivity index (χ2n) is 6.79. The van der Waals surface area contributed by atoms with Gasteiger partial charge in [0.05, 0.1) is 12.9 Å². The van der Waals surface area contributed by atoms with Crippen molar-refractivity contribution in [2.75, 3.05) is 18.9 Å². The number of carbonyl (C=O) groups is 1. The van der Waals surface area contributed by atoms with E-state index in [4.69, 9.17) is 36.8 Å². The Morgan fingerprint density at radius 3 is 2.56 bits per heavy atom. The van der Waals surface area contributed by atoms with Gasteiger partial charge >= 0.3 is 13.8 Å². The molecule has 0 amide bonds. The number of rotatable bonds is 8. The first-order valence-corrected chi connectivity index (χ1v) is 10.8. The van der Waals surface area contributed by atoms with Gasteiger partial charge in [0.2, 0.25) is 0 Å². The molecule has 0 bridgehead atoms. The smallest absolute Gasteiger partial charge is 0.469 e. The second kappa shape index (κ2) is 11.0. The molecule has 3 rings (SSSR count). The highest BCUT2D eigenvalue weighted by Crippen LogP contribution is 2.38. The first-order chi connectivity index (χ1) is 15.0. The third-order valence-corrected chi connectivity index (χ3v) is 4.93. The number of aliphatic carboxylic acids is 1.